The van der Waals surface area contributed by atoms with E-state index < -0.39 is 5.69 Å². The third-order valence-electron chi connectivity index (χ3n) is 3.66. The highest BCUT2D eigenvalue weighted by molar-refractivity contribution is 5.97. The van der Waals surface area contributed by atoms with Gasteiger partial charge in [-0.2, -0.15) is 0 Å². The number of rotatable bonds is 5. The number of carbonyl (C=O) groups is 1. The fourth-order valence-electron chi connectivity index (χ4n) is 2.50. The zero-order chi connectivity index (χ0) is 16.3. The van der Waals surface area contributed by atoms with Gasteiger partial charge < -0.3 is 10.3 Å². The van der Waals surface area contributed by atoms with E-state index in [4.69, 9.17) is 0 Å². The number of benzene rings is 1. The van der Waals surface area contributed by atoms with Crippen LogP contribution in [0.25, 0.3) is 10.9 Å². The quantitative estimate of drug-likeness (QED) is 0.880. The Hall–Kier alpha value is -2.37. The molecule has 0 aliphatic carbocycles. The second-order valence-corrected chi connectivity index (χ2v) is 5.40. The minimum absolute atomic E-state index is 0.0836. The molecule has 1 amide bonds. The van der Waals surface area contributed by atoms with Crippen molar-refractivity contribution in [1.82, 2.24) is 14.9 Å². The van der Waals surface area contributed by atoms with Crippen LogP contribution in [0.2, 0.25) is 0 Å². The number of carbonyl (C=O) groups excluding carboxylic acids is 1. The smallest absolute Gasteiger partial charge is 0.328 e. The molecule has 1 aromatic heterocycles. The fourth-order valence-corrected chi connectivity index (χ4v) is 2.50. The maximum Gasteiger partial charge on any atom is 0.328 e. The lowest BCUT2D eigenvalue weighted by molar-refractivity contribution is 0.0938. The molecule has 0 spiro atoms. The van der Waals surface area contributed by atoms with Crippen molar-refractivity contribution < 1.29 is 4.79 Å². The summed E-state index contributed by atoms with van der Waals surface area (Å²) in [5.74, 6) is -0.205. The standard InChI is InChI=1S/C16H21N3O3/c1-4-6-10(3)17-14(20)11-7-8-12-13(9-11)18-16(22)19(5-2)15(12)21/h7-10H,4-6H2,1-3H3,(H,17,20)(H,18,22)/t10-/m1/s1. The van der Waals surface area contributed by atoms with E-state index in [0.29, 0.717) is 23.0 Å². The van der Waals surface area contributed by atoms with Crippen LogP contribution in [0, 0.1) is 0 Å². The van der Waals surface area contributed by atoms with Gasteiger partial charge in [0.1, 0.15) is 0 Å². The first kappa shape index (κ1) is 16.0. The molecule has 6 heteroatoms. The zero-order valence-electron chi connectivity index (χ0n) is 13.1. The van der Waals surface area contributed by atoms with Crippen LogP contribution in [-0.4, -0.2) is 21.5 Å². The van der Waals surface area contributed by atoms with Crippen molar-refractivity contribution in [3.63, 3.8) is 0 Å². The first-order chi connectivity index (χ1) is 10.5. The summed E-state index contributed by atoms with van der Waals surface area (Å²) in [6, 6.07) is 4.82. The summed E-state index contributed by atoms with van der Waals surface area (Å²) in [5.41, 5.74) is 0.0136. The summed E-state index contributed by atoms with van der Waals surface area (Å²) in [4.78, 5) is 38.8. The minimum Gasteiger partial charge on any atom is -0.350 e. The van der Waals surface area contributed by atoms with Crippen molar-refractivity contribution in [3.8, 4) is 0 Å². The third-order valence-corrected chi connectivity index (χ3v) is 3.66. The Morgan fingerprint density at radius 3 is 2.68 bits per heavy atom. The average molecular weight is 303 g/mol. The molecule has 0 unspecified atom stereocenters. The van der Waals surface area contributed by atoms with Gasteiger partial charge in [-0.3, -0.25) is 14.2 Å². The van der Waals surface area contributed by atoms with Crippen molar-refractivity contribution in [2.45, 2.75) is 46.2 Å². The van der Waals surface area contributed by atoms with Gasteiger partial charge in [0.25, 0.3) is 11.5 Å². The molecular weight excluding hydrogens is 282 g/mol. The largest absolute Gasteiger partial charge is 0.350 e. The summed E-state index contributed by atoms with van der Waals surface area (Å²) in [6.07, 6.45) is 1.89. The maximum absolute atomic E-state index is 12.2. The predicted molar refractivity (Wildman–Crippen MR) is 86.3 cm³/mol. The Morgan fingerprint density at radius 1 is 1.32 bits per heavy atom. The summed E-state index contributed by atoms with van der Waals surface area (Å²) < 4.78 is 1.13. The number of aromatic nitrogens is 2. The van der Waals surface area contributed by atoms with Crippen LogP contribution in [0.4, 0.5) is 0 Å². The Balaban J connectivity index is 2.41. The van der Waals surface area contributed by atoms with Crippen molar-refractivity contribution >= 4 is 16.8 Å². The van der Waals surface area contributed by atoms with Gasteiger partial charge in [0, 0.05) is 18.2 Å². The van der Waals surface area contributed by atoms with Crippen LogP contribution in [-0.2, 0) is 6.54 Å². The van der Waals surface area contributed by atoms with Crippen LogP contribution in [0.3, 0.4) is 0 Å². The van der Waals surface area contributed by atoms with E-state index >= 15 is 0 Å². The highest BCUT2D eigenvalue weighted by atomic mass is 16.2. The molecule has 0 fully saturated rings. The number of nitrogens with zero attached hydrogens (tertiary/aromatic N) is 1. The van der Waals surface area contributed by atoms with Crippen LogP contribution < -0.4 is 16.6 Å². The summed E-state index contributed by atoms with van der Waals surface area (Å²) in [6.45, 7) is 6.05. The van der Waals surface area contributed by atoms with Gasteiger partial charge in [0.2, 0.25) is 0 Å². The normalized spacial score (nSPS) is 12.3. The summed E-state index contributed by atoms with van der Waals surface area (Å²) in [7, 11) is 0. The van der Waals surface area contributed by atoms with E-state index in [-0.39, 0.29) is 17.5 Å². The first-order valence-electron chi connectivity index (χ1n) is 7.55. The van der Waals surface area contributed by atoms with Gasteiger partial charge in [-0.15, -0.1) is 0 Å². The topological polar surface area (TPSA) is 84.0 Å². The molecule has 2 aromatic rings. The Labute approximate surface area is 128 Å². The molecule has 0 bridgehead atoms. The molecule has 1 aromatic carbocycles. The number of H-pyrrole nitrogens is 1. The van der Waals surface area contributed by atoms with Crippen molar-refractivity contribution in [3.05, 3.63) is 44.6 Å². The Morgan fingerprint density at radius 2 is 2.05 bits per heavy atom. The number of aromatic amines is 1. The van der Waals surface area contributed by atoms with Gasteiger partial charge in [-0.25, -0.2) is 4.79 Å². The molecule has 0 radical (unpaired) electrons. The van der Waals surface area contributed by atoms with Gasteiger partial charge in [-0.1, -0.05) is 13.3 Å². The van der Waals surface area contributed by atoms with E-state index in [1.54, 1.807) is 25.1 Å². The van der Waals surface area contributed by atoms with Crippen LogP contribution >= 0.6 is 0 Å². The molecule has 2 N–H and O–H groups in total. The van der Waals surface area contributed by atoms with Gasteiger partial charge in [0.15, 0.2) is 0 Å². The fraction of sp³-hybridized carbons (Fsp3) is 0.438. The van der Waals surface area contributed by atoms with Crippen LogP contribution in [0.5, 0.6) is 0 Å². The molecule has 1 heterocycles. The number of hydrogen-bond donors (Lipinski definition) is 2. The Kier molecular flexibility index (Phi) is 4.80. The molecule has 1 atom stereocenters. The summed E-state index contributed by atoms with van der Waals surface area (Å²) >= 11 is 0. The number of hydrogen-bond acceptors (Lipinski definition) is 3. The van der Waals surface area contributed by atoms with E-state index in [1.165, 1.54) is 0 Å². The molecule has 118 valence electrons. The number of fused-ring (bicyclic) bond motifs is 1. The average Bonchev–Trinajstić information content (AvgIpc) is 2.47. The van der Waals surface area contributed by atoms with Gasteiger partial charge in [-0.05, 0) is 38.5 Å². The molecule has 0 aliphatic heterocycles. The van der Waals surface area contributed by atoms with Crippen LogP contribution in [0.1, 0.15) is 44.0 Å². The lowest BCUT2D eigenvalue weighted by Crippen LogP contribution is -2.35. The van der Waals surface area contributed by atoms with Gasteiger partial charge >= 0.3 is 5.69 Å². The van der Waals surface area contributed by atoms with E-state index in [1.807, 2.05) is 6.92 Å². The molecule has 22 heavy (non-hydrogen) atoms. The molecule has 0 saturated carbocycles. The van der Waals surface area contributed by atoms with E-state index in [2.05, 4.69) is 17.2 Å². The van der Waals surface area contributed by atoms with Crippen molar-refractivity contribution in [2.24, 2.45) is 0 Å². The minimum atomic E-state index is -0.461. The second kappa shape index (κ2) is 6.60. The van der Waals surface area contributed by atoms with Gasteiger partial charge in [0.05, 0.1) is 10.9 Å². The van der Waals surface area contributed by atoms with E-state index in [9.17, 15) is 14.4 Å². The highest BCUT2D eigenvalue weighted by Gasteiger charge is 2.12. The monoisotopic (exact) mass is 303 g/mol. The highest BCUT2D eigenvalue weighted by Crippen LogP contribution is 2.10. The first-order valence-corrected chi connectivity index (χ1v) is 7.55. The Bertz CT molecular complexity index is 804. The zero-order valence-corrected chi connectivity index (χ0v) is 13.1. The molecule has 0 saturated heterocycles. The maximum atomic E-state index is 12.2. The van der Waals surface area contributed by atoms with Crippen molar-refractivity contribution in [1.29, 1.82) is 0 Å². The lowest BCUT2D eigenvalue weighted by Gasteiger charge is -2.13. The number of amides is 1. The SMILES string of the molecule is CCC[C@@H](C)NC(=O)c1ccc2c(=O)n(CC)c(=O)[nH]c2c1. The second-order valence-electron chi connectivity index (χ2n) is 5.40. The van der Waals surface area contributed by atoms with Crippen LogP contribution in [0.15, 0.2) is 27.8 Å². The lowest BCUT2D eigenvalue weighted by atomic mass is 10.1. The van der Waals surface area contributed by atoms with Crippen molar-refractivity contribution in [2.75, 3.05) is 0 Å². The summed E-state index contributed by atoms with van der Waals surface area (Å²) in [5, 5.41) is 3.30. The molecular formula is C16H21N3O3. The number of nitrogens with one attached hydrogen (secondary N) is 2. The predicted octanol–water partition coefficient (Wildman–Crippen LogP) is 1.63. The molecule has 0 aliphatic rings. The van der Waals surface area contributed by atoms with E-state index in [0.717, 1.165) is 17.4 Å². The molecule has 6 nitrogen and oxygen atoms in total. The molecule has 2 rings (SSSR count). The third kappa shape index (κ3) is 3.10.